The first-order valence-electron chi connectivity index (χ1n) is 10.5. The van der Waals surface area contributed by atoms with Crippen LogP contribution in [-0.2, 0) is 19.6 Å². The Morgan fingerprint density at radius 3 is 2.47 bits per heavy atom. The van der Waals surface area contributed by atoms with Crippen molar-refractivity contribution in [3.8, 4) is 5.75 Å². The molecule has 0 atom stereocenters. The number of urea groups is 1. The van der Waals surface area contributed by atoms with E-state index in [-0.39, 0.29) is 22.0 Å². The maximum Gasteiger partial charge on any atom is 0.325 e. The maximum absolute atomic E-state index is 13.2. The van der Waals surface area contributed by atoms with Crippen LogP contribution in [0.4, 0.5) is 20.6 Å². The lowest BCUT2D eigenvalue weighted by atomic mass is 9.98. The van der Waals surface area contributed by atoms with Crippen LogP contribution in [0.25, 0.3) is 0 Å². The molecule has 10 nitrogen and oxygen atoms in total. The Labute approximate surface area is 195 Å². The molecule has 12 heteroatoms. The number of nitrogens with zero attached hydrogens (tertiary/aromatic N) is 1. The van der Waals surface area contributed by atoms with Gasteiger partial charge in [-0.1, -0.05) is 12.8 Å². The largest absolute Gasteiger partial charge is 0.495 e. The number of hydrogen-bond acceptors (Lipinski definition) is 6. The van der Waals surface area contributed by atoms with E-state index >= 15 is 0 Å². The highest BCUT2D eigenvalue weighted by atomic mass is 32.2. The van der Waals surface area contributed by atoms with Gasteiger partial charge in [0.2, 0.25) is 5.91 Å². The number of amides is 4. The van der Waals surface area contributed by atoms with Crippen molar-refractivity contribution in [3.63, 3.8) is 0 Å². The maximum atomic E-state index is 13.2. The molecule has 2 aromatic rings. The average Bonchev–Trinajstić information content (AvgIpc) is 3.34. The zero-order valence-corrected chi connectivity index (χ0v) is 19.1. The average molecular weight is 491 g/mol. The predicted molar refractivity (Wildman–Crippen MR) is 120 cm³/mol. The minimum atomic E-state index is -4.07. The van der Waals surface area contributed by atoms with E-state index in [0.717, 1.165) is 42.0 Å². The van der Waals surface area contributed by atoms with Crippen LogP contribution in [0.5, 0.6) is 5.75 Å². The molecule has 34 heavy (non-hydrogen) atoms. The first-order valence-corrected chi connectivity index (χ1v) is 12.0. The van der Waals surface area contributed by atoms with Crippen molar-refractivity contribution >= 4 is 39.2 Å². The van der Waals surface area contributed by atoms with Crippen LogP contribution >= 0.6 is 0 Å². The fraction of sp³-hybridized carbons (Fsp3) is 0.318. The number of benzene rings is 2. The van der Waals surface area contributed by atoms with Gasteiger partial charge in [0.25, 0.3) is 15.9 Å². The van der Waals surface area contributed by atoms with Gasteiger partial charge in [-0.2, -0.15) is 0 Å². The number of sulfonamides is 1. The normalized spacial score (nSPS) is 17.1. The lowest BCUT2D eigenvalue weighted by Crippen LogP contribution is -2.44. The number of methoxy groups -OCH3 is 1. The summed E-state index contributed by atoms with van der Waals surface area (Å²) in [6.07, 6.45) is 2.75. The van der Waals surface area contributed by atoms with Crippen molar-refractivity contribution in [2.75, 3.05) is 23.7 Å². The number of hydrogen-bond donors (Lipinski definition) is 3. The van der Waals surface area contributed by atoms with Crippen LogP contribution in [0.3, 0.4) is 0 Å². The minimum Gasteiger partial charge on any atom is -0.495 e. The van der Waals surface area contributed by atoms with Crippen molar-refractivity contribution in [2.24, 2.45) is 0 Å². The number of ether oxygens (including phenoxy) is 1. The first kappa shape index (κ1) is 23.5. The Morgan fingerprint density at radius 1 is 1.15 bits per heavy atom. The van der Waals surface area contributed by atoms with E-state index in [1.807, 2.05) is 0 Å². The van der Waals surface area contributed by atoms with E-state index in [2.05, 4.69) is 15.4 Å². The first-order chi connectivity index (χ1) is 16.1. The van der Waals surface area contributed by atoms with Crippen LogP contribution in [0, 0.1) is 5.82 Å². The van der Waals surface area contributed by atoms with Crippen LogP contribution in [0.15, 0.2) is 47.4 Å². The number of rotatable bonds is 7. The Bertz CT molecular complexity index is 1240. The molecule has 2 aromatic carbocycles. The summed E-state index contributed by atoms with van der Waals surface area (Å²) < 4.78 is 46.0. The van der Waals surface area contributed by atoms with Crippen LogP contribution in [0.1, 0.15) is 25.7 Å². The number of imide groups is 1. The molecule has 2 aliphatic rings. The molecule has 4 rings (SSSR count). The van der Waals surface area contributed by atoms with E-state index in [1.54, 1.807) is 0 Å². The molecule has 1 saturated heterocycles. The number of carbonyl (C=O) groups is 3. The Kier molecular flexibility index (Phi) is 6.17. The Hall–Kier alpha value is -3.67. The molecule has 0 radical (unpaired) electrons. The lowest BCUT2D eigenvalue weighted by molar-refractivity contribution is -0.133. The molecule has 1 aliphatic carbocycles. The second-order valence-corrected chi connectivity index (χ2v) is 9.82. The molecular weight excluding hydrogens is 467 g/mol. The molecule has 2 fully saturated rings. The number of anilines is 2. The summed E-state index contributed by atoms with van der Waals surface area (Å²) in [4.78, 5) is 38.3. The van der Waals surface area contributed by atoms with Crippen molar-refractivity contribution < 1.29 is 31.9 Å². The van der Waals surface area contributed by atoms with Crippen molar-refractivity contribution in [3.05, 3.63) is 48.3 Å². The van der Waals surface area contributed by atoms with Gasteiger partial charge in [0.1, 0.15) is 23.7 Å². The zero-order valence-electron chi connectivity index (χ0n) is 18.3. The van der Waals surface area contributed by atoms with Gasteiger partial charge < -0.3 is 15.4 Å². The van der Waals surface area contributed by atoms with E-state index < -0.39 is 45.8 Å². The van der Waals surface area contributed by atoms with Crippen LogP contribution in [-0.4, -0.2) is 50.4 Å². The standard InChI is InChI=1S/C22H23FN4O6S/c1-33-18-9-6-15(12-17(18)26-34(31,32)16-7-4-14(23)5-8-16)24-19(28)13-27-20(29)22(25-21(27)30)10-2-3-11-22/h4-9,12,26H,2-3,10-11,13H2,1H3,(H,24,28)(H,25,30). The molecule has 0 aromatic heterocycles. The second-order valence-electron chi connectivity index (χ2n) is 8.13. The predicted octanol–water partition coefficient (Wildman–Crippen LogP) is 2.44. The molecule has 180 valence electrons. The van der Waals surface area contributed by atoms with E-state index in [9.17, 15) is 27.2 Å². The van der Waals surface area contributed by atoms with Gasteiger partial charge in [0, 0.05) is 5.69 Å². The summed E-state index contributed by atoms with van der Waals surface area (Å²) >= 11 is 0. The van der Waals surface area contributed by atoms with Gasteiger partial charge in [-0.25, -0.2) is 17.6 Å². The van der Waals surface area contributed by atoms with Crippen molar-refractivity contribution in [1.82, 2.24) is 10.2 Å². The Balaban J connectivity index is 1.48. The molecule has 1 spiro atoms. The third-order valence-electron chi connectivity index (χ3n) is 5.86. The van der Waals surface area contributed by atoms with Gasteiger partial charge in [0.15, 0.2) is 0 Å². The summed E-state index contributed by atoms with van der Waals surface area (Å²) in [5.41, 5.74) is -0.668. The van der Waals surface area contributed by atoms with Crippen LogP contribution in [0.2, 0.25) is 0 Å². The fourth-order valence-corrected chi connectivity index (χ4v) is 5.23. The summed E-state index contributed by atoms with van der Waals surface area (Å²) in [6.45, 7) is -0.477. The highest BCUT2D eigenvalue weighted by Gasteiger charge is 2.52. The lowest BCUT2D eigenvalue weighted by Gasteiger charge is -2.20. The van der Waals surface area contributed by atoms with Gasteiger partial charge in [-0.3, -0.25) is 19.2 Å². The zero-order chi connectivity index (χ0) is 24.5. The molecule has 0 unspecified atom stereocenters. The molecule has 1 saturated carbocycles. The highest BCUT2D eigenvalue weighted by molar-refractivity contribution is 7.92. The summed E-state index contributed by atoms with van der Waals surface area (Å²) in [5.74, 6) is -1.44. The molecule has 0 bridgehead atoms. The molecule has 1 heterocycles. The quantitative estimate of drug-likeness (QED) is 0.511. The number of nitrogens with one attached hydrogen (secondary N) is 3. The Morgan fingerprint density at radius 2 is 1.82 bits per heavy atom. The van der Waals surface area contributed by atoms with Gasteiger partial charge in [-0.05, 0) is 55.3 Å². The number of halogens is 1. The number of carbonyl (C=O) groups excluding carboxylic acids is 3. The third-order valence-corrected chi connectivity index (χ3v) is 7.24. The topological polar surface area (TPSA) is 134 Å². The summed E-state index contributed by atoms with van der Waals surface area (Å²) in [6, 6.07) is 7.93. The third kappa shape index (κ3) is 4.53. The van der Waals surface area contributed by atoms with E-state index in [4.69, 9.17) is 4.74 Å². The van der Waals surface area contributed by atoms with E-state index in [1.165, 1.54) is 25.3 Å². The minimum absolute atomic E-state index is 0.0320. The molecular formula is C22H23FN4O6S. The SMILES string of the molecule is COc1ccc(NC(=O)CN2C(=O)NC3(CCCC3)C2=O)cc1NS(=O)(=O)c1ccc(F)cc1. The van der Waals surface area contributed by atoms with E-state index in [0.29, 0.717) is 12.8 Å². The summed E-state index contributed by atoms with van der Waals surface area (Å²) in [5, 5.41) is 5.27. The van der Waals surface area contributed by atoms with Crippen LogP contribution < -0.4 is 20.1 Å². The fourth-order valence-electron chi connectivity index (χ4n) is 4.16. The van der Waals surface area contributed by atoms with Gasteiger partial charge in [-0.15, -0.1) is 0 Å². The smallest absolute Gasteiger partial charge is 0.325 e. The van der Waals surface area contributed by atoms with Gasteiger partial charge >= 0.3 is 6.03 Å². The van der Waals surface area contributed by atoms with Crippen molar-refractivity contribution in [1.29, 1.82) is 0 Å². The molecule has 1 aliphatic heterocycles. The highest BCUT2D eigenvalue weighted by Crippen LogP contribution is 2.35. The second kappa shape index (κ2) is 8.93. The molecule has 3 N–H and O–H groups in total. The van der Waals surface area contributed by atoms with Gasteiger partial charge in [0.05, 0.1) is 17.7 Å². The molecule has 4 amide bonds. The summed E-state index contributed by atoms with van der Waals surface area (Å²) in [7, 11) is -2.72. The monoisotopic (exact) mass is 490 g/mol. The van der Waals surface area contributed by atoms with Crippen molar-refractivity contribution in [2.45, 2.75) is 36.1 Å².